The smallest absolute Gasteiger partial charge is 0.243 e. The molecular formula is C15H18N2O4S2. The molecule has 0 aliphatic carbocycles. The number of hydrogen-bond acceptors (Lipinski definition) is 5. The van der Waals surface area contributed by atoms with Crippen LogP contribution in [0.2, 0.25) is 0 Å². The van der Waals surface area contributed by atoms with Gasteiger partial charge in [0.2, 0.25) is 10.0 Å². The molecule has 0 N–H and O–H groups in total. The summed E-state index contributed by atoms with van der Waals surface area (Å²) in [6, 6.07) is 8.80. The fraction of sp³-hybridized carbons (Fsp3) is 0.267. The van der Waals surface area contributed by atoms with Crippen LogP contribution in [0.25, 0.3) is 0 Å². The molecule has 0 atom stereocenters. The van der Waals surface area contributed by atoms with Gasteiger partial charge in [0.1, 0.15) is 0 Å². The van der Waals surface area contributed by atoms with Gasteiger partial charge in [0.05, 0.1) is 15.5 Å². The number of pyridine rings is 1. The van der Waals surface area contributed by atoms with Crippen LogP contribution >= 0.6 is 0 Å². The molecule has 0 amide bonds. The topological polar surface area (TPSA) is 84.4 Å². The van der Waals surface area contributed by atoms with Gasteiger partial charge < -0.3 is 0 Å². The van der Waals surface area contributed by atoms with Gasteiger partial charge >= 0.3 is 0 Å². The average Bonchev–Trinajstić information content (AvgIpc) is 2.56. The van der Waals surface area contributed by atoms with Crippen LogP contribution in [0.5, 0.6) is 0 Å². The quantitative estimate of drug-likeness (QED) is 0.788. The van der Waals surface area contributed by atoms with Crippen molar-refractivity contribution in [1.29, 1.82) is 0 Å². The Balaban J connectivity index is 2.26. The molecule has 6 nitrogen and oxygen atoms in total. The second-order valence-electron chi connectivity index (χ2n) is 5.00. The summed E-state index contributed by atoms with van der Waals surface area (Å²) < 4.78 is 49.8. The predicted octanol–water partition coefficient (Wildman–Crippen LogP) is 1.70. The number of sulfonamides is 1. The fourth-order valence-electron chi connectivity index (χ4n) is 2.00. The van der Waals surface area contributed by atoms with E-state index in [1.807, 2.05) is 0 Å². The van der Waals surface area contributed by atoms with E-state index >= 15 is 0 Å². The average molecular weight is 354 g/mol. The minimum absolute atomic E-state index is 0.0278. The van der Waals surface area contributed by atoms with Crippen LogP contribution in [-0.2, 0) is 26.4 Å². The Labute approximate surface area is 136 Å². The second kappa shape index (κ2) is 6.77. The predicted molar refractivity (Wildman–Crippen MR) is 87.1 cm³/mol. The van der Waals surface area contributed by atoms with E-state index in [9.17, 15) is 16.8 Å². The first kappa shape index (κ1) is 17.6. The highest BCUT2D eigenvalue weighted by molar-refractivity contribution is 7.91. The molecule has 0 aliphatic heterocycles. The van der Waals surface area contributed by atoms with Crippen molar-refractivity contribution in [2.45, 2.75) is 23.3 Å². The molecule has 0 saturated heterocycles. The SMILES string of the molecule is CCS(=O)(=O)c1ccc(S(=O)(=O)N(C)Cc2cccnc2)cc1. The first-order valence-corrected chi connectivity index (χ1v) is 10.0. The van der Waals surface area contributed by atoms with Crippen LogP contribution in [-0.4, -0.2) is 38.9 Å². The summed E-state index contributed by atoms with van der Waals surface area (Å²) in [6.45, 7) is 1.73. The molecule has 2 aromatic rings. The molecule has 1 heterocycles. The molecule has 0 saturated carbocycles. The molecule has 8 heteroatoms. The lowest BCUT2D eigenvalue weighted by atomic mass is 10.3. The summed E-state index contributed by atoms with van der Waals surface area (Å²) in [5, 5.41) is 0. The summed E-state index contributed by atoms with van der Waals surface area (Å²) in [7, 11) is -5.57. The van der Waals surface area contributed by atoms with Crippen LogP contribution in [0, 0.1) is 0 Å². The fourth-order valence-corrected chi connectivity index (χ4v) is 4.04. The molecule has 1 aromatic heterocycles. The summed E-state index contributed by atoms with van der Waals surface area (Å²) in [4.78, 5) is 4.13. The van der Waals surface area contributed by atoms with Crippen LogP contribution < -0.4 is 0 Å². The van der Waals surface area contributed by atoms with Gasteiger partial charge in [-0.2, -0.15) is 4.31 Å². The lowest BCUT2D eigenvalue weighted by molar-refractivity contribution is 0.466. The third-order valence-corrected chi connectivity index (χ3v) is 6.97. The molecule has 0 radical (unpaired) electrons. The van der Waals surface area contributed by atoms with Crippen LogP contribution in [0.3, 0.4) is 0 Å². The van der Waals surface area contributed by atoms with Gasteiger partial charge in [0.25, 0.3) is 0 Å². The Hall–Kier alpha value is -1.77. The van der Waals surface area contributed by atoms with Crippen molar-refractivity contribution in [3.63, 3.8) is 0 Å². The van der Waals surface area contributed by atoms with Crippen molar-refractivity contribution in [3.05, 3.63) is 54.4 Å². The Bertz CT molecular complexity index is 861. The van der Waals surface area contributed by atoms with Crippen molar-refractivity contribution in [1.82, 2.24) is 9.29 Å². The third-order valence-electron chi connectivity index (χ3n) is 3.40. The van der Waals surface area contributed by atoms with E-state index in [0.29, 0.717) is 0 Å². The molecule has 0 spiro atoms. The number of hydrogen-bond donors (Lipinski definition) is 0. The highest BCUT2D eigenvalue weighted by Crippen LogP contribution is 2.19. The second-order valence-corrected chi connectivity index (χ2v) is 9.32. The van der Waals surface area contributed by atoms with Gasteiger partial charge in [-0.05, 0) is 35.9 Å². The van der Waals surface area contributed by atoms with E-state index in [4.69, 9.17) is 0 Å². The minimum Gasteiger partial charge on any atom is -0.264 e. The van der Waals surface area contributed by atoms with Crippen molar-refractivity contribution in [2.75, 3.05) is 12.8 Å². The zero-order valence-electron chi connectivity index (χ0n) is 12.9. The van der Waals surface area contributed by atoms with Gasteiger partial charge in [0.15, 0.2) is 9.84 Å². The number of rotatable bonds is 6. The van der Waals surface area contributed by atoms with Crippen molar-refractivity contribution in [3.8, 4) is 0 Å². The molecule has 23 heavy (non-hydrogen) atoms. The lowest BCUT2D eigenvalue weighted by Crippen LogP contribution is -2.26. The number of nitrogens with zero attached hydrogens (tertiary/aromatic N) is 2. The minimum atomic E-state index is -3.70. The van der Waals surface area contributed by atoms with E-state index in [-0.39, 0.29) is 22.1 Å². The molecule has 0 unspecified atom stereocenters. The summed E-state index contributed by atoms with van der Waals surface area (Å²) in [6.07, 6.45) is 3.22. The largest absolute Gasteiger partial charge is 0.264 e. The molecule has 2 rings (SSSR count). The van der Waals surface area contributed by atoms with Crippen LogP contribution in [0.15, 0.2) is 58.6 Å². The highest BCUT2D eigenvalue weighted by Gasteiger charge is 2.22. The summed E-state index contributed by atoms with van der Waals surface area (Å²) >= 11 is 0. The van der Waals surface area contributed by atoms with E-state index in [2.05, 4.69) is 4.98 Å². The molecule has 0 bridgehead atoms. The van der Waals surface area contributed by atoms with Crippen molar-refractivity contribution in [2.24, 2.45) is 0 Å². The monoisotopic (exact) mass is 354 g/mol. The third kappa shape index (κ3) is 3.95. The van der Waals surface area contributed by atoms with Gasteiger partial charge in [-0.25, -0.2) is 16.8 Å². The maximum atomic E-state index is 12.5. The van der Waals surface area contributed by atoms with Gasteiger partial charge in [0, 0.05) is 26.0 Å². The summed E-state index contributed by atoms with van der Waals surface area (Å²) in [5.74, 6) is -0.0278. The maximum absolute atomic E-state index is 12.5. The first-order valence-electron chi connectivity index (χ1n) is 6.95. The first-order chi connectivity index (χ1) is 10.8. The standard InChI is InChI=1S/C15H18N2O4S2/c1-3-22(18,19)14-6-8-15(9-7-14)23(20,21)17(2)12-13-5-4-10-16-11-13/h4-11H,3,12H2,1-2H3. The number of aromatic nitrogens is 1. The molecular weight excluding hydrogens is 336 g/mol. The molecule has 1 aromatic carbocycles. The summed E-state index contributed by atoms with van der Waals surface area (Å²) in [5.41, 5.74) is 0.767. The number of benzene rings is 1. The Morgan fingerprint density at radius 3 is 2.13 bits per heavy atom. The Kier molecular flexibility index (Phi) is 5.18. The Morgan fingerprint density at radius 1 is 1.00 bits per heavy atom. The molecule has 0 fully saturated rings. The molecule has 0 aliphatic rings. The van der Waals surface area contributed by atoms with Crippen LogP contribution in [0.1, 0.15) is 12.5 Å². The zero-order chi connectivity index (χ0) is 17.1. The van der Waals surface area contributed by atoms with E-state index in [0.717, 1.165) is 5.56 Å². The van der Waals surface area contributed by atoms with E-state index in [1.54, 1.807) is 31.5 Å². The number of sulfone groups is 1. The Morgan fingerprint density at radius 2 is 1.61 bits per heavy atom. The van der Waals surface area contributed by atoms with Crippen molar-refractivity contribution >= 4 is 19.9 Å². The van der Waals surface area contributed by atoms with Gasteiger partial charge in [-0.3, -0.25) is 4.98 Å². The van der Waals surface area contributed by atoms with Gasteiger partial charge in [-0.15, -0.1) is 0 Å². The highest BCUT2D eigenvalue weighted by atomic mass is 32.2. The van der Waals surface area contributed by atoms with E-state index in [1.165, 1.54) is 35.6 Å². The normalized spacial score (nSPS) is 12.5. The zero-order valence-corrected chi connectivity index (χ0v) is 14.5. The van der Waals surface area contributed by atoms with Gasteiger partial charge in [-0.1, -0.05) is 13.0 Å². The molecule has 124 valence electrons. The maximum Gasteiger partial charge on any atom is 0.243 e. The van der Waals surface area contributed by atoms with Crippen LogP contribution in [0.4, 0.5) is 0 Å². The van der Waals surface area contributed by atoms with Crippen molar-refractivity contribution < 1.29 is 16.8 Å². The van der Waals surface area contributed by atoms with E-state index < -0.39 is 19.9 Å². The lowest BCUT2D eigenvalue weighted by Gasteiger charge is -2.17.